The fourth-order valence-corrected chi connectivity index (χ4v) is 2.80. The number of carbonyl (C=O) groups is 1. The second-order valence-electron chi connectivity index (χ2n) is 5.87. The van der Waals surface area contributed by atoms with Crippen molar-refractivity contribution in [1.29, 1.82) is 0 Å². The van der Waals surface area contributed by atoms with Crippen molar-refractivity contribution < 1.29 is 14.4 Å². The number of aromatic carboxylic acids is 1. The van der Waals surface area contributed by atoms with Crippen molar-refractivity contribution in [3.05, 3.63) is 41.2 Å². The number of rotatable bonds is 5. The molecular formula is C17H20N4O3. The number of aryl methyl sites for hydroxylation is 1. The van der Waals surface area contributed by atoms with Crippen LogP contribution < -0.4 is 0 Å². The molecule has 1 fully saturated rings. The van der Waals surface area contributed by atoms with Crippen LogP contribution in [0.4, 0.5) is 0 Å². The molecule has 1 aliphatic rings. The lowest BCUT2D eigenvalue weighted by molar-refractivity contribution is 0.0690. The van der Waals surface area contributed by atoms with Crippen molar-refractivity contribution in [1.82, 2.24) is 15.1 Å². The van der Waals surface area contributed by atoms with Gasteiger partial charge in [-0.15, -0.1) is 0 Å². The Morgan fingerprint density at radius 1 is 1.29 bits per heavy atom. The zero-order valence-corrected chi connectivity index (χ0v) is 13.6. The van der Waals surface area contributed by atoms with Crippen LogP contribution in [-0.2, 0) is 6.54 Å². The number of aromatic nitrogens is 1. The van der Waals surface area contributed by atoms with Gasteiger partial charge in [0.15, 0.2) is 5.76 Å². The average Bonchev–Trinajstić information content (AvgIpc) is 3.00. The van der Waals surface area contributed by atoms with Crippen LogP contribution >= 0.6 is 0 Å². The van der Waals surface area contributed by atoms with Gasteiger partial charge in [0, 0.05) is 38.5 Å². The summed E-state index contributed by atoms with van der Waals surface area (Å²) in [5.74, 6) is -0.633. The summed E-state index contributed by atoms with van der Waals surface area (Å²) in [7, 11) is 0. The van der Waals surface area contributed by atoms with Crippen LogP contribution in [-0.4, -0.2) is 59.0 Å². The van der Waals surface area contributed by atoms with Gasteiger partial charge >= 0.3 is 5.97 Å². The van der Waals surface area contributed by atoms with E-state index >= 15 is 0 Å². The molecule has 1 N–H and O–H groups in total. The number of hydrogen-bond acceptors (Lipinski definition) is 6. The molecule has 0 spiro atoms. The number of carboxylic acids is 1. The molecule has 1 saturated heterocycles. The number of benzene rings is 1. The highest BCUT2D eigenvalue weighted by atomic mass is 16.5. The van der Waals surface area contributed by atoms with Crippen molar-refractivity contribution in [2.75, 3.05) is 26.2 Å². The molecule has 0 atom stereocenters. The summed E-state index contributed by atoms with van der Waals surface area (Å²) in [6, 6.07) is 7.57. The minimum Gasteiger partial charge on any atom is -0.477 e. The predicted molar refractivity (Wildman–Crippen MR) is 90.0 cm³/mol. The van der Waals surface area contributed by atoms with Gasteiger partial charge in [0.1, 0.15) is 11.3 Å². The molecule has 1 aliphatic heterocycles. The standard InChI is InChI=1S/C17H20N4O3/c1-12-3-5-13(6-4-12)16-15(17(22)23)14(24-19-16)11-20-7-9-21(18-2)10-8-20/h3-6H,2,7-11H2,1H3,(H,22,23). The molecule has 0 aliphatic carbocycles. The van der Waals surface area contributed by atoms with Crippen LogP contribution in [0, 0.1) is 6.92 Å². The Hall–Kier alpha value is -2.67. The smallest absolute Gasteiger partial charge is 0.341 e. The second-order valence-corrected chi connectivity index (χ2v) is 5.87. The van der Waals surface area contributed by atoms with Crippen molar-refractivity contribution >= 4 is 12.7 Å². The molecule has 1 aromatic carbocycles. The highest BCUT2D eigenvalue weighted by Gasteiger charge is 2.26. The summed E-state index contributed by atoms with van der Waals surface area (Å²) in [6.07, 6.45) is 0. The molecule has 0 bridgehead atoms. The van der Waals surface area contributed by atoms with E-state index in [2.05, 4.69) is 21.9 Å². The molecule has 0 unspecified atom stereocenters. The van der Waals surface area contributed by atoms with Crippen LogP contribution in [0.3, 0.4) is 0 Å². The fourth-order valence-electron chi connectivity index (χ4n) is 2.80. The Balaban J connectivity index is 1.83. The lowest BCUT2D eigenvalue weighted by Gasteiger charge is -2.32. The third kappa shape index (κ3) is 3.30. The Kier molecular flexibility index (Phi) is 4.61. The molecule has 2 heterocycles. The van der Waals surface area contributed by atoms with E-state index in [1.165, 1.54) is 0 Å². The van der Waals surface area contributed by atoms with Crippen LogP contribution in [0.15, 0.2) is 33.9 Å². The zero-order chi connectivity index (χ0) is 17.1. The van der Waals surface area contributed by atoms with Crippen LogP contribution in [0.25, 0.3) is 11.3 Å². The van der Waals surface area contributed by atoms with E-state index < -0.39 is 5.97 Å². The van der Waals surface area contributed by atoms with E-state index in [4.69, 9.17) is 4.52 Å². The Bertz CT molecular complexity index is 731. The van der Waals surface area contributed by atoms with Crippen LogP contribution in [0.5, 0.6) is 0 Å². The van der Waals surface area contributed by atoms with Gasteiger partial charge in [0.25, 0.3) is 0 Å². The van der Waals surface area contributed by atoms with Crippen molar-refractivity contribution in [3.8, 4) is 11.3 Å². The Labute approximate surface area is 140 Å². The SMILES string of the molecule is C=NN1CCN(Cc2onc(-c3ccc(C)cc3)c2C(=O)O)CC1. The summed E-state index contributed by atoms with van der Waals surface area (Å²) in [5.41, 5.74) is 2.37. The number of hydrazone groups is 1. The minimum absolute atomic E-state index is 0.142. The predicted octanol–water partition coefficient (Wildman–Crippen LogP) is 2.08. The molecule has 1 aromatic heterocycles. The average molecular weight is 328 g/mol. The molecule has 2 aromatic rings. The summed E-state index contributed by atoms with van der Waals surface area (Å²) in [6.45, 7) is 9.02. The lowest BCUT2D eigenvalue weighted by Crippen LogP contribution is -2.43. The number of carboxylic acid groups (broad SMARTS) is 1. The van der Waals surface area contributed by atoms with Gasteiger partial charge in [-0.1, -0.05) is 35.0 Å². The van der Waals surface area contributed by atoms with Gasteiger partial charge in [-0.05, 0) is 6.92 Å². The molecule has 0 amide bonds. The van der Waals surface area contributed by atoms with E-state index in [1.54, 1.807) is 0 Å². The van der Waals surface area contributed by atoms with E-state index in [-0.39, 0.29) is 5.56 Å². The Morgan fingerprint density at radius 2 is 1.96 bits per heavy atom. The first-order valence-electron chi connectivity index (χ1n) is 7.81. The summed E-state index contributed by atoms with van der Waals surface area (Å²) in [4.78, 5) is 13.9. The maximum absolute atomic E-state index is 11.7. The third-order valence-electron chi connectivity index (χ3n) is 4.22. The third-order valence-corrected chi connectivity index (χ3v) is 4.22. The maximum atomic E-state index is 11.7. The number of nitrogens with zero attached hydrogens (tertiary/aromatic N) is 4. The van der Waals surface area contributed by atoms with E-state index in [0.29, 0.717) is 18.0 Å². The molecule has 0 radical (unpaired) electrons. The Morgan fingerprint density at radius 3 is 2.54 bits per heavy atom. The van der Waals surface area contributed by atoms with Gasteiger partial charge in [0.2, 0.25) is 0 Å². The molecule has 3 rings (SSSR count). The van der Waals surface area contributed by atoms with Crippen LogP contribution in [0.2, 0.25) is 0 Å². The lowest BCUT2D eigenvalue weighted by atomic mass is 10.0. The van der Waals surface area contributed by atoms with Gasteiger partial charge < -0.3 is 9.63 Å². The number of piperazine rings is 1. The highest BCUT2D eigenvalue weighted by molar-refractivity contribution is 5.95. The topological polar surface area (TPSA) is 82.2 Å². The molecule has 126 valence electrons. The normalized spacial score (nSPS) is 15.5. The van der Waals surface area contributed by atoms with Gasteiger partial charge in [-0.2, -0.15) is 5.10 Å². The summed E-state index contributed by atoms with van der Waals surface area (Å²) >= 11 is 0. The van der Waals surface area contributed by atoms with E-state index in [0.717, 1.165) is 37.3 Å². The molecular weight excluding hydrogens is 308 g/mol. The van der Waals surface area contributed by atoms with E-state index in [1.807, 2.05) is 36.2 Å². The van der Waals surface area contributed by atoms with Gasteiger partial charge in [-0.25, -0.2) is 4.79 Å². The van der Waals surface area contributed by atoms with Gasteiger partial charge in [-0.3, -0.25) is 9.91 Å². The zero-order valence-electron chi connectivity index (χ0n) is 13.6. The molecule has 24 heavy (non-hydrogen) atoms. The largest absolute Gasteiger partial charge is 0.477 e. The molecule has 7 heteroatoms. The van der Waals surface area contributed by atoms with Crippen molar-refractivity contribution in [2.45, 2.75) is 13.5 Å². The molecule has 7 nitrogen and oxygen atoms in total. The fraction of sp³-hybridized carbons (Fsp3) is 0.353. The highest BCUT2D eigenvalue weighted by Crippen LogP contribution is 2.27. The monoisotopic (exact) mass is 328 g/mol. The quantitative estimate of drug-likeness (QED) is 0.846. The van der Waals surface area contributed by atoms with E-state index in [9.17, 15) is 9.90 Å². The number of hydrogen-bond donors (Lipinski definition) is 1. The second kappa shape index (κ2) is 6.84. The van der Waals surface area contributed by atoms with Crippen molar-refractivity contribution in [3.63, 3.8) is 0 Å². The summed E-state index contributed by atoms with van der Waals surface area (Å²) < 4.78 is 5.38. The minimum atomic E-state index is -1.02. The first-order chi connectivity index (χ1) is 11.6. The van der Waals surface area contributed by atoms with Crippen LogP contribution in [0.1, 0.15) is 21.7 Å². The first kappa shape index (κ1) is 16.2. The van der Waals surface area contributed by atoms with Gasteiger partial charge in [0.05, 0.1) is 6.54 Å². The molecule has 0 saturated carbocycles. The maximum Gasteiger partial charge on any atom is 0.341 e. The summed E-state index contributed by atoms with van der Waals surface area (Å²) in [5, 5.41) is 19.4. The van der Waals surface area contributed by atoms with Crippen molar-refractivity contribution in [2.24, 2.45) is 5.10 Å². The first-order valence-corrected chi connectivity index (χ1v) is 7.81.